The third kappa shape index (κ3) is 4.51. The second kappa shape index (κ2) is 5.36. The Morgan fingerprint density at radius 2 is 2.25 bits per heavy atom. The molecule has 12 heavy (non-hydrogen) atoms. The Bertz CT molecular complexity index is 171. The Morgan fingerprint density at radius 3 is 2.67 bits per heavy atom. The molecule has 0 aliphatic heterocycles. The number of carboxylic acid groups (broad SMARTS) is 1. The molecule has 6 heteroatoms. The van der Waals surface area contributed by atoms with E-state index in [4.69, 9.17) is 10.8 Å². The van der Waals surface area contributed by atoms with Crippen molar-refractivity contribution in [3.63, 3.8) is 0 Å². The van der Waals surface area contributed by atoms with Gasteiger partial charge in [0.25, 0.3) is 0 Å². The zero-order valence-corrected chi connectivity index (χ0v) is 6.74. The lowest BCUT2D eigenvalue weighted by molar-refractivity contribution is -0.139. The number of hydrogen-bond acceptors (Lipinski definition) is 4. The topological polar surface area (TPSA) is 102 Å². The number of rotatable bonds is 4. The van der Waals surface area contributed by atoms with Gasteiger partial charge in [-0.1, -0.05) is 0 Å². The molecule has 70 valence electrons. The van der Waals surface area contributed by atoms with E-state index in [-0.39, 0.29) is 6.61 Å². The molecule has 0 aliphatic carbocycles. The van der Waals surface area contributed by atoms with Crippen molar-refractivity contribution in [1.29, 1.82) is 0 Å². The van der Waals surface area contributed by atoms with Crippen LogP contribution in [0.1, 0.15) is 6.92 Å². The summed E-state index contributed by atoms with van der Waals surface area (Å²) in [5.41, 5.74) is 5.06. The first kappa shape index (κ1) is 10.7. The quantitative estimate of drug-likeness (QED) is 0.517. The highest BCUT2D eigenvalue weighted by Gasteiger charge is 2.13. The highest BCUT2D eigenvalue weighted by Crippen LogP contribution is 1.83. The van der Waals surface area contributed by atoms with Gasteiger partial charge in [0.2, 0.25) is 0 Å². The van der Waals surface area contributed by atoms with Crippen molar-refractivity contribution >= 4 is 12.1 Å². The molecule has 6 nitrogen and oxygen atoms in total. The van der Waals surface area contributed by atoms with E-state index in [9.17, 15) is 9.59 Å². The maximum Gasteiger partial charge on any atom is 0.407 e. The summed E-state index contributed by atoms with van der Waals surface area (Å²) in [5, 5.41) is 10.6. The van der Waals surface area contributed by atoms with Crippen LogP contribution in [0.25, 0.3) is 0 Å². The van der Waals surface area contributed by atoms with Crippen LogP contribution in [0, 0.1) is 0 Å². The minimum absolute atomic E-state index is 0.318. The largest absolute Gasteiger partial charge is 0.480 e. The molecule has 0 aromatic carbocycles. The fraction of sp³-hybridized carbons (Fsp3) is 0.667. The molecule has 1 unspecified atom stereocenters. The average molecular weight is 176 g/mol. The van der Waals surface area contributed by atoms with Gasteiger partial charge in [0, 0.05) is 6.54 Å². The van der Waals surface area contributed by atoms with Gasteiger partial charge in [-0.3, -0.25) is 4.79 Å². The smallest absolute Gasteiger partial charge is 0.407 e. The highest BCUT2D eigenvalue weighted by atomic mass is 16.5. The summed E-state index contributed by atoms with van der Waals surface area (Å²) < 4.78 is 4.45. The molecule has 0 aliphatic rings. The van der Waals surface area contributed by atoms with E-state index in [2.05, 4.69) is 10.1 Å². The van der Waals surface area contributed by atoms with Crippen LogP contribution in [-0.4, -0.2) is 36.4 Å². The maximum atomic E-state index is 10.6. The molecule has 0 bridgehead atoms. The van der Waals surface area contributed by atoms with Gasteiger partial charge in [-0.05, 0) is 6.92 Å². The van der Waals surface area contributed by atoms with Gasteiger partial charge in [-0.25, -0.2) is 4.79 Å². The summed E-state index contributed by atoms with van der Waals surface area (Å²) in [6.45, 7) is 1.83. The Balaban J connectivity index is 3.54. The van der Waals surface area contributed by atoms with Gasteiger partial charge in [0.05, 0.1) is 0 Å². The van der Waals surface area contributed by atoms with Crippen LogP contribution in [0.3, 0.4) is 0 Å². The molecule has 0 fully saturated rings. The Labute approximate surface area is 69.7 Å². The minimum Gasteiger partial charge on any atom is -0.480 e. The molecule has 0 saturated carbocycles. The monoisotopic (exact) mass is 176 g/mol. The van der Waals surface area contributed by atoms with Gasteiger partial charge in [-0.2, -0.15) is 0 Å². The lowest BCUT2D eigenvalue weighted by Crippen LogP contribution is -2.37. The van der Waals surface area contributed by atoms with Crippen LogP contribution in [0.2, 0.25) is 0 Å². The first-order valence-corrected chi connectivity index (χ1v) is 3.47. The van der Waals surface area contributed by atoms with Gasteiger partial charge < -0.3 is 20.9 Å². The number of carboxylic acids is 1. The average Bonchev–Trinajstić information content (AvgIpc) is 2.00. The molecule has 0 aromatic rings. The van der Waals surface area contributed by atoms with Crippen molar-refractivity contribution in [2.75, 3.05) is 13.2 Å². The van der Waals surface area contributed by atoms with Crippen LogP contribution in [0.4, 0.5) is 4.79 Å². The molecule has 0 heterocycles. The van der Waals surface area contributed by atoms with Crippen molar-refractivity contribution < 1.29 is 19.4 Å². The number of carbonyl (C=O) groups is 2. The second-order valence-electron chi connectivity index (χ2n) is 2.07. The first-order chi connectivity index (χ1) is 5.57. The number of alkyl carbamates (subject to hydrolysis) is 1. The van der Waals surface area contributed by atoms with Crippen LogP contribution < -0.4 is 11.1 Å². The zero-order valence-electron chi connectivity index (χ0n) is 6.74. The Kier molecular flexibility index (Phi) is 4.78. The van der Waals surface area contributed by atoms with Gasteiger partial charge in [0.15, 0.2) is 0 Å². The predicted molar refractivity (Wildman–Crippen MR) is 40.6 cm³/mol. The molecule has 1 amide bonds. The number of carbonyl (C=O) groups excluding carboxylic acids is 1. The molecule has 0 saturated heterocycles. The maximum absolute atomic E-state index is 10.6. The normalized spacial score (nSPS) is 11.8. The lowest BCUT2D eigenvalue weighted by atomic mass is 10.3. The molecule has 0 aromatic heterocycles. The van der Waals surface area contributed by atoms with Crippen molar-refractivity contribution in [2.24, 2.45) is 5.73 Å². The number of nitrogens with two attached hydrogens (primary N) is 1. The van der Waals surface area contributed by atoms with E-state index < -0.39 is 18.1 Å². The molecule has 0 rings (SSSR count). The van der Waals surface area contributed by atoms with Crippen LogP contribution >= 0.6 is 0 Å². The fourth-order valence-electron chi connectivity index (χ4n) is 0.432. The van der Waals surface area contributed by atoms with E-state index in [1.54, 1.807) is 6.92 Å². The van der Waals surface area contributed by atoms with Crippen LogP contribution in [0.15, 0.2) is 0 Å². The Morgan fingerprint density at radius 1 is 1.67 bits per heavy atom. The second-order valence-corrected chi connectivity index (χ2v) is 2.07. The molecule has 1 atom stereocenters. The van der Waals surface area contributed by atoms with E-state index in [1.807, 2.05) is 0 Å². The van der Waals surface area contributed by atoms with E-state index >= 15 is 0 Å². The van der Waals surface area contributed by atoms with Crippen LogP contribution in [0.5, 0.6) is 0 Å². The molecular weight excluding hydrogens is 164 g/mol. The summed E-state index contributed by atoms with van der Waals surface area (Å²) in [5.74, 6) is -1.20. The molecule has 0 radical (unpaired) electrons. The highest BCUT2D eigenvalue weighted by molar-refractivity contribution is 5.74. The number of aliphatic carboxylic acids is 1. The van der Waals surface area contributed by atoms with E-state index in [0.717, 1.165) is 0 Å². The summed E-state index contributed by atoms with van der Waals surface area (Å²) in [4.78, 5) is 20.7. The minimum atomic E-state index is -1.20. The molecule has 4 N–H and O–H groups in total. The summed E-state index contributed by atoms with van der Waals surface area (Å²) >= 11 is 0. The number of amides is 1. The third-order valence-corrected chi connectivity index (χ3v) is 1.03. The summed E-state index contributed by atoms with van der Waals surface area (Å²) in [6, 6.07) is -1.16. The summed E-state index contributed by atoms with van der Waals surface area (Å²) in [6.07, 6.45) is -0.658. The van der Waals surface area contributed by atoms with Gasteiger partial charge >= 0.3 is 12.1 Å². The predicted octanol–water partition coefficient (Wildman–Crippen LogP) is -0.856. The van der Waals surface area contributed by atoms with E-state index in [0.29, 0.717) is 6.54 Å². The molecule has 0 spiro atoms. The van der Waals surface area contributed by atoms with Gasteiger partial charge in [-0.15, -0.1) is 0 Å². The number of hydrogen-bond donors (Lipinski definition) is 3. The van der Waals surface area contributed by atoms with Gasteiger partial charge in [0.1, 0.15) is 12.6 Å². The van der Waals surface area contributed by atoms with Crippen LogP contribution in [-0.2, 0) is 9.53 Å². The van der Waals surface area contributed by atoms with E-state index in [1.165, 1.54) is 0 Å². The fourth-order valence-corrected chi connectivity index (χ4v) is 0.432. The number of ether oxygens (including phenoxy) is 1. The first-order valence-electron chi connectivity index (χ1n) is 3.47. The third-order valence-electron chi connectivity index (χ3n) is 1.03. The van der Waals surface area contributed by atoms with Crippen molar-refractivity contribution in [1.82, 2.24) is 5.32 Å². The summed E-state index contributed by atoms with van der Waals surface area (Å²) in [7, 11) is 0. The SMILES string of the molecule is CCNC(=O)OCC(N)C(=O)O. The molecular formula is C6H12N2O4. The van der Waals surface area contributed by atoms with Crippen molar-refractivity contribution in [3.8, 4) is 0 Å². The lowest BCUT2D eigenvalue weighted by Gasteiger charge is -2.07. The van der Waals surface area contributed by atoms with Crippen molar-refractivity contribution in [2.45, 2.75) is 13.0 Å². The zero-order chi connectivity index (χ0) is 9.56. The number of nitrogens with one attached hydrogen (secondary N) is 1. The standard InChI is InChI=1S/C6H12N2O4/c1-2-8-6(11)12-3-4(7)5(9)10/h4H,2-3,7H2,1H3,(H,8,11)(H,9,10). The Hall–Kier alpha value is -1.30. The van der Waals surface area contributed by atoms with Crippen molar-refractivity contribution in [3.05, 3.63) is 0 Å².